The van der Waals surface area contributed by atoms with E-state index in [1.807, 2.05) is 0 Å². The summed E-state index contributed by atoms with van der Waals surface area (Å²) >= 11 is 0. The van der Waals surface area contributed by atoms with Gasteiger partial charge in [0, 0.05) is 6.42 Å². The highest BCUT2D eigenvalue weighted by molar-refractivity contribution is 6.00. The van der Waals surface area contributed by atoms with Gasteiger partial charge in [0.15, 0.2) is 0 Å². The minimum Gasteiger partial charge on any atom is -0.296 e. The molecule has 2 aliphatic rings. The Morgan fingerprint density at radius 3 is 2.26 bits per heavy atom. The maximum absolute atomic E-state index is 11.8. The molecule has 1 aliphatic heterocycles. The quantitative estimate of drug-likeness (QED) is 0.828. The average molecular weight is 257 g/mol. The summed E-state index contributed by atoms with van der Waals surface area (Å²) in [5.74, 6) is 1.08. The van der Waals surface area contributed by atoms with Crippen molar-refractivity contribution in [3.63, 3.8) is 0 Å². The van der Waals surface area contributed by atoms with E-state index in [2.05, 4.69) is 36.5 Å². The molecule has 1 saturated carbocycles. The maximum atomic E-state index is 11.8. The van der Waals surface area contributed by atoms with Gasteiger partial charge < -0.3 is 0 Å². The predicted octanol–water partition coefficient (Wildman–Crippen LogP) is 2.72. The fourth-order valence-corrected chi connectivity index (χ4v) is 3.19. The molecule has 1 aliphatic carbocycles. The number of hydrogen-bond acceptors (Lipinski definition) is 2. The van der Waals surface area contributed by atoms with Crippen LogP contribution >= 0.6 is 0 Å². The zero-order valence-electron chi connectivity index (χ0n) is 11.2. The number of benzene rings is 1. The van der Waals surface area contributed by atoms with Gasteiger partial charge in [-0.05, 0) is 42.2 Å². The molecule has 3 nitrogen and oxygen atoms in total. The van der Waals surface area contributed by atoms with Crippen LogP contribution in [0.4, 0.5) is 0 Å². The molecule has 1 saturated heterocycles. The highest BCUT2D eigenvalue weighted by atomic mass is 16.2. The Morgan fingerprint density at radius 2 is 1.68 bits per heavy atom. The first-order valence-electron chi connectivity index (χ1n) is 7.07. The number of piperidine rings is 1. The molecule has 1 atom stereocenters. The second-order valence-corrected chi connectivity index (χ2v) is 5.94. The van der Waals surface area contributed by atoms with Gasteiger partial charge in [0.2, 0.25) is 11.8 Å². The molecule has 1 aromatic rings. The van der Waals surface area contributed by atoms with Crippen molar-refractivity contribution >= 4 is 11.8 Å². The van der Waals surface area contributed by atoms with Gasteiger partial charge in [0.25, 0.3) is 0 Å². The van der Waals surface area contributed by atoms with Crippen LogP contribution in [0.15, 0.2) is 24.3 Å². The number of hydrogen-bond donors (Lipinski definition) is 1. The molecular weight excluding hydrogens is 238 g/mol. The smallest absolute Gasteiger partial charge is 0.234 e. The normalized spacial score (nSPS) is 30.7. The molecule has 0 bridgehead atoms. The number of imide groups is 1. The molecule has 1 heterocycles. The number of nitrogens with one attached hydrogen (secondary N) is 1. The Labute approximate surface area is 113 Å². The van der Waals surface area contributed by atoms with E-state index in [0.29, 0.717) is 18.8 Å². The average Bonchev–Trinajstić information content (AvgIpc) is 2.36. The minimum absolute atomic E-state index is 0.152. The minimum atomic E-state index is -0.160. The van der Waals surface area contributed by atoms with Crippen molar-refractivity contribution < 1.29 is 9.59 Å². The van der Waals surface area contributed by atoms with E-state index in [9.17, 15) is 9.59 Å². The van der Waals surface area contributed by atoms with Gasteiger partial charge in [0.1, 0.15) is 0 Å². The van der Waals surface area contributed by atoms with Crippen molar-refractivity contribution in [2.45, 2.75) is 44.4 Å². The third-order valence-electron chi connectivity index (χ3n) is 4.42. The van der Waals surface area contributed by atoms with Crippen LogP contribution < -0.4 is 5.32 Å². The molecule has 3 heteroatoms. The van der Waals surface area contributed by atoms with Gasteiger partial charge in [-0.25, -0.2) is 0 Å². The van der Waals surface area contributed by atoms with Crippen molar-refractivity contribution in [3.8, 4) is 0 Å². The zero-order valence-corrected chi connectivity index (χ0v) is 11.2. The Kier molecular flexibility index (Phi) is 3.13. The lowest BCUT2D eigenvalue weighted by molar-refractivity contribution is -0.134. The second kappa shape index (κ2) is 4.80. The summed E-state index contributed by atoms with van der Waals surface area (Å²) in [4.78, 5) is 22.9. The summed E-state index contributed by atoms with van der Waals surface area (Å²) in [5, 5.41) is 2.42. The molecule has 0 aromatic heterocycles. The molecule has 100 valence electrons. The summed E-state index contributed by atoms with van der Waals surface area (Å²) < 4.78 is 0. The van der Waals surface area contributed by atoms with Crippen LogP contribution in [0.25, 0.3) is 0 Å². The number of amides is 2. The van der Waals surface area contributed by atoms with E-state index >= 15 is 0 Å². The molecule has 0 radical (unpaired) electrons. The molecule has 1 aromatic carbocycles. The molecule has 0 spiro atoms. The predicted molar refractivity (Wildman–Crippen MR) is 72.7 cm³/mol. The molecule has 19 heavy (non-hydrogen) atoms. The van der Waals surface area contributed by atoms with Crippen LogP contribution in [-0.4, -0.2) is 11.8 Å². The maximum Gasteiger partial charge on any atom is 0.234 e. The van der Waals surface area contributed by atoms with Crippen LogP contribution in [-0.2, 0) is 9.59 Å². The zero-order chi connectivity index (χ0) is 13.4. The standard InChI is InChI=1S/C16H19NO2/c1-10-8-13(9-10)11-2-4-12(5-3-11)14-6-7-15(18)17-16(14)19/h2-5,10,13-14H,6-9H2,1H3,(H,17,18,19)/t10?,13?,14-/m0/s1. The first-order chi connectivity index (χ1) is 9.13. The summed E-state index contributed by atoms with van der Waals surface area (Å²) in [6.07, 6.45) is 3.62. The highest BCUT2D eigenvalue weighted by Crippen LogP contribution is 2.41. The summed E-state index contributed by atoms with van der Waals surface area (Å²) in [5.41, 5.74) is 2.41. The lowest BCUT2D eigenvalue weighted by atomic mass is 9.72. The van der Waals surface area contributed by atoms with Crippen molar-refractivity contribution in [3.05, 3.63) is 35.4 Å². The Balaban J connectivity index is 1.72. The van der Waals surface area contributed by atoms with Gasteiger partial charge in [-0.2, -0.15) is 0 Å². The molecule has 1 N–H and O–H groups in total. The topological polar surface area (TPSA) is 46.2 Å². The van der Waals surface area contributed by atoms with E-state index in [1.165, 1.54) is 18.4 Å². The fourth-order valence-electron chi connectivity index (χ4n) is 3.19. The van der Waals surface area contributed by atoms with E-state index < -0.39 is 0 Å². The Bertz CT molecular complexity index is 500. The van der Waals surface area contributed by atoms with Crippen LogP contribution in [0.5, 0.6) is 0 Å². The lowest BCUT2D eigenvalue weighted by Gasteiger charge is -2.33. The lowest BCUT2D eigenvalue weighted by Crippen LogP contribution is -2.39. The molecule has 2 fully saturated rings. The molecular formula is C16H19NO2. The van der Waals surface area contributed by atoms with E-state index in [0.717, 1.165) is 11.5 Å². The Hall–Kier alpha value is -1.64. The van der Waals surface area contributed by atoms with Crippen LogP contribution in [0, 0.1) is 5.92 Å². The van der Waals surface area contributed by atoms with E-state index in [-0.39, 0.29) is 17.7 Å². The summed E-state index contributed by atoms with van der Waals surface area (Å²) in [6, 6.07) is 8.40. The number of carbonyl (C=O) groups excluding carboxylic acids is 2. The van der Waals surface area contributed by atoms with Gasteiger partial charge in [0.05, 0.1) is 5.92 Å². The van der Waals surface area contributed by atoms with E-state index in [1.54, 1.807) is 0 Å². The van der Waals surface area contributed by atoms with Crippen molar-refractivity contribution in [2.24, 2.45) is 5.92 Å². The van der Waals surface area contributed by atoms with Gasteiger partial charge in [-0.3, -0.25) is 14.9 Å². The highest BCUT2D eigenvalue weighted by Gasteiger charge is 2.29. The van der Waals surface area contributed by atoms with Crippen molar-refractivity contribution in [2.75, 3.05) is 0 Å². The van der Waals surface area contributed by atoms with Crippen LogP contribution in [0.2, 0.25) is 0 Å². The molecule has 0 unspecified atom stereocenters. The molecule has 3 rings (SSSR count). The second-order valence-electron chi connectivity index (χ2n) is 5.94. The number of carbonyl (C=O) groups is 2. The van der Waals surface area contributed by atoms with Crippen LogP contribution in [0.3, 0.4) is 0 Å². The van der Waals surface area contributed by atoms with Crippen molar-refractivity contribution in [1.29, 1.82) is 0 Å². The third-order valence-corrected chi connectivity index (χ3v) is 4.42. The first kappa shape index (κ1) is 12.4. The fraction of sp³-hybridized carbons (Fsp3) is 0.500. The van der Waals surface area contributed by atoms with Gasteiger partial charge in [-0.1, -0.05) is 31.2 Å². The largest absolute Gasteiger partial charge is 0.296 e. The van der Waals surface area contributed by atoms with Gasteiger partial charge in [-0.15, -0.1) is 0 Å². The van der Waals surface area contributed by atoms with E-state index in [4.69, 9.17) is 0 Å². The Morgan fingerprint density at radius 1 is 1.05 bits per heavy atom. The van der Waals surface area contributed by atoms with Crippen LogP contribution in [0.1, 0.15) is 55.6 Å². The summed E-state index contributed by atoms with van der Waals surface area (Å²) in [7, 11) is 0. The van der Waals surface area contributed by atoms with Crippen molar-refractivity contribution in [1.82, 2.24) is 5.32 Å². The van der Waals surface area contributed by atoms with Gasteiger partial charge >= 0.3 is 0 Å². The first-order valence-corrected chi connectivity index (χ1v) is 7.07. The monoisotopic (exact) mass is 257 g/mol. The molecule has 2 amide bonds. The SMILES string of the molecule is CC1CC(c2ccc([C@@H]3CCC(=O)NC3=O)cc2)C1. The number of rotatable bonds is 2. The summed E-state index contributed by atoms with van der Waals surface area (Å²) in [6.45, 7) is 2.29. The third kappa shape index (κ3) is 2.42.